The van der Waals surface area contributed by atoms with E-state index in [0.29, 0.717) is 11.9 Å². The van der Waals surface area contributed by atoms with Crippen molar-refractivity contribution in [2.75, 3.05) is 0 Å². The van der Waals surface area contributed by atoms with Crippen molar-refractivity contribution in [2.24, 2.45) is 0 Å². The molecule has 0 radical (unpaired) electrons. The van der Waals surface area contributed by atoms with Crippen LogP contribution in [0.15, 0.2) is 86.1 Å². The van der Waals surface area contributed by atoms with Gasteiger partial charge >= 0.3 is 0 Å². The third-order valence-corrected chi connectivity index (χ3v) is 8.23. The highest BCUT2D eigenvalue weighted by Gasteiger charge is 2.21. The minimum Gasteiger partial charge on any atom is -0.292 e. The lowest BCUT2D eigenvalue weighted by molar-refractivity contribution is 0.735. The van der Waals surface area contributed by atoms with Crippen LogP contribution in [0.1, 0.15) is 57.0 Å². The molecule has 0 saturated heterocycles. The molecule has 1 unspecified atom stereocenters. The molecular formula is C34H33N9. The van der Waals surface area contributed by atoms with Gasteiger partial charge < -0.3 is 0 Å². The van der Waals surface area contributed by atoms with Crippen LogP contribution in [0.4, 0.5) is 0 Å². The summed E-state index contributed by atoms with van der Waals surface area (Å²) in [5.41, 5.74) is 7.15. The van der Waals surface area contributed by atoms with Crippen LogP contribution < -0.4 is 0 Å². The standard InChI is InChI=1S/C34H33N9/c1-5-22(4)23-11-12-29-26(14-23)33-27(28-10-8-9-13-36-28)16-35-17-30(33)43(29)32-15-31(41-18-24(6-2)37-20-41)39-34(40-32)42-19-25(7-3)38-21-42/h8-22H,5-7H2,1-4H3. The quantitative estimate of drug-likeness (QED) is 0.196. The molecule has 6 aromatic heterocycles. The Labute approximate surface area is 250 Å². The van der Waals surface area contributed by atoms with Gasteiger partial charge in [-0.3, -0.25) is 23.7 Å². The Bertz CT molecular complexity index is 2010. The summed E-state index contributed by atoms with van der Waals surface area (Å²) in [6, 6.07) is 14.8. The van der Waals surface area contributed by atoms with Crippen molar-refractivity contribution in [3.05, 3.63) is 103 Å². The third-order valence-electron chi connectivity index (χ3n) is 8.23. The highest BCUT2D eigenvalue weighted by molar-refractivity contribution is 6.15. The first-order valence-electron chi connectivity index (χ1n) is 14.9. The topological polar surface area (TPSA) is 92.1 Å². The van der Waals surface area contributed by atoms with Gasteiger partial charge in [0.25, 0.3) is 0 Å². The van der Waals surface area contributed by atoms with Gasteiger partial charge in [0.1, 0.15) is 24.3 Å². The number of imidazole rings is 2. The fourth-order valence-electron chi connectivity index (χ4n) is 5.59. The molecule has 0 aliphatic heterocycles. The van der Waals surface area contributed by atoms with Crippen molar-refractivity contribution < 1.29 is 0 Å². The van der Waals surface area contributed by atoms with E-state index in [4.69, 9.17) is 19.9 Å². The largest absolute Gasteiger partial charge is 0.292 e. The Morgan fingerprint density at radius 3 is 2.26 bits per heavy atom. The van der Waals surface area contributed by atoms with Crippen LogP contribution in [0, 0.1) is 0 Å². The van der Waals surface area contributed by atoms with Crippen molar-refractivity contribution in [1.82, 2.24) is 43.6 Å². The average Bonchev–Trinajstić information content (AvgIpc) is 3.82. The number of benzene rings is 1. The van der Waals surface area contributed by atoms with Gasteiger partial charge in [-0.15, -0.1) is 0 Å². The van der Waals surface area contributed by atoms with Crippen LogP contribution in [0.3, 0.4) is 0 Å². The average molecular weight is 568 g/mol. The van der Waals surface area contributed by atoms with Crippen LogP contribution in [0.2, 0.25) is 0 Å². The van der Waals surface area contributed by atoms with Gasteiger partial charge in [-0.05, 0) is 55.0 Å². The van der Waals surface area contributed by atoms with E-state index in [2.05, 4.69) is 60.4 Å². The van der Waals surface area contributed by atoms with Crippen molar-refractivity contribution >= 4 is 21.8 Å². The summed E-state index contributed by atoms with van der Waals surface area (Å²) in [7, 11) is 0. The number of hydrogen-bond acceptors (Lipinski definition) is 6. The monoisotopic (exact) mass is 567 g/mol. The molecule has 0 spiro atoms. The molecule has 9 nitrogen and oxygen atoms in total. The van der Waals surface area contributed by atoms with E-state index in [1.165, 1.54) is 5.56 Å². The molecule has 0 aliphatic carbocycles. The van der Waals surface area contributed by atoms with E-state index in [-0.39, 0.29) is 0 Å². The van der Waals surface area contributed by atoms with E-state index in [0.717, 1.165) is 75.3 Å². The fraction of sp³-hybridized carbons (Fsp3) is 0.235. The van der Waals surface area contributed by atoms with Crippen molar-refractivity contribution in [3.8, 4) is 28.8 Å². The first kappa shape index (κ1) is 26.7. The molecule has 0 bridgehead atoms. The molecule has 6 heterocycles. The molecule has 7 rings (SSSR count). The number of fused-ring (bicyclic) bond motifs is 3. The van der Waals surface area contributed by atoms with Crippen molar-refractivity contribution in [1.29, 1.82) is 0 Å². The number of aromatic nitrogens is 9. The maximum atomic E-state index is 5.12. The van der Waals surface area contributed by atoms with Gasteiger partial charge in [-0.25, -0.2) is 9.97 Å². The molecule has 0 fully saturated rings. The predicted molar refractivity (Wildman–Crippen MR) is 169 cm³/mol. The zero-order chi connectivity index (χ0) is 29.5. The smallest absolute Gasteiger partial charge is 0.238 e. The summed E-state index contributed by atoms with van der Waals surface area (Å²) in [4.78, 5) is 28.6. The number of rotatable bonds is 8. The minimum absolute atomic E-state index is 0.434. The Balaban J connectivity index is 1.55. The first-order chi connectivity index (χ1) is 21.1. The number of aryl methyl sites for hydroxylation is 2. The van der Waals surface area contributed by atoms with Gasteiger partial charge in [0.05, 0.1) is 34.3 Å². The Hall–Kier alpha value is -5.18. The summed E-state index contributed by atoms with van der Waals surface area (Å²) < 4.78 is 6.03. The molecule has 7 aromatic rings. The van der Waals surface area contributed by atoms with E-state index in [1.54, 1.807) is 6.33 Å². The van der Waals surface area contributed by atoms with Crippen LogP contribution in [-0.4, -0.2) is 43.6 Å². The SMILES string of the molecule is CCc1cn(-c2cc(-n3c4ccc(C(C)CC)cc4c4c(-c5ccccn5)cncc43)nc(-n3cnc(CC)c3)n2)cn1. The van der Waals surface area contributed by atoms with Gasteiger partial charge in [-0.2, -0.15) is 9.97 Å². The molecule has 9 heteroatoms. The zero-order valence-electron chi connectivity index (χ0n) is 24.8. The molecule has 0 saturated carbocycles. The van der Waals surface area contributed by atoms with E-state index < -0.39 is 0 Å². The first-order valence-corrected chi connectivity index (χ1v) is 14.9. The Morgan fingerprint density at radius 2 is 1.53 bits per heavy atom. The molecule has 0 amide bonds. The van der Waals surface area contributed by atoms with Crippen LogP contribution in [0.5, 0.6) is 0 Å². The highest BCUT2D eigenvalue weighted by Crippen LogP contribution is 2.38. The molecule has 1 atom stereocenters. The zero-order valence-corrected chi connectivity index (χ0v) is 24.8. The molecular weight excluding hydrogens is 534 g/mol. The molecule has 43 heavy (non-hydrogen) atoms. The lowest BCUT2D eigenvalue weighted by atomic mass is 9.96. The molecule has 0 N–H and O–H groups in total. The Kier molecular flexibility index (Phi) is 6.77. The van der Waals surface area contributed by atoms with Gasteiger partial charge in [-0.1, -0.05) is 39.8 Å². The van der Waals surface area contributed by atoms with Gasteiger partial charge in [0, 0.05) is 47.2 Å². The number of hydrogen-bond donors (Lipinski definition) is 0. The van der Waals surface area contributed by atoms with E-state index in [1.807, 2.05) is 70.7 Å². The van der Waals surface area contributed by atoms with Crippen LogP contribution in [-0.2, 0) is 12.8 Å². The van der Waals surface area contributed by atoms with E-state index in [9.17, 15) is 0 Å². The summed E-state index contributed by atoms with van der Waals surface area (Å²) >= 11 is 0. The second kappa shape index (κ2) is 10.9. The number of nitrogens with zero attached hydrogens (tertiary/aromatic N) is 9. The molecule has 1 aromatic carbocycles. The summed E-state index contributed by atoms with van der Waals surface area (Å²) in [6.07, 6.45) is 16.0. The summed E-state index contributed by atoms with van der Waals surface area (Å²) in [5.74, 6) is 2.42. The van der Waals surface area contributed by atoms with Crippen molar-refractivity contribution in [2.45, 2.75) is 52.9 Å². The lowest BCUT2D eigenvalue weighted by Crippen LogP contribution is -2.08. The lowest BCUT2D eigenvalue weighted by Gasteiger charge is -2.13. The Morgan fingerprint density at radius 1 is 0.767 bits per heavy atom. The fourth-order valence-corrected chi connectivity index (χ4v) is 5.59. The predicted octanol–water partition coefficient (Wildman–Crippen LogP) is 7.04. The highest BCUT2D eigenvalue weighted by atomic mass is 15.2. The van der Waals surface area contributed by atoms with Gasteiger partial charge in [0.2, 0.25) is 5.95 Å². The minimum atomic E-state index is 0.434. The van der Waals surface area contributed by atoms with Crippen molar-refractivity contribution in [3.63, 3.8) is 0 Å². The summed E-state index contributed by atoms with van der Waals surface area (Å²) in [5, 5.41) is 2.24. The molecule has 214 valence electrons. The second-order valence-corrected chi connectivity index (χ2v) is 10.9. The van der Waals surface area contributed by atoms with Crippen LogP contribution >= 0.6 is 0 Å². The maximum absolute atomic E-state index is 5.12. The van der Waals surface area contributed by atoms with E-state index >= 15 is 0 Å². The maximum Gasteiger partial charge on any atom is 0.238 e. The molecule has 0 aliphatic rings. The normalized spacial score (nSPS) is 12.4. The second-order valence-electron chi connectivity index (χ2n) is 10.9. The third kappa shape index (κ3) is 4.67. The summed E-state index contributed by atoms with van der Waals surface area (Å²) in [6.45, 7) is 8.69. The van der Waals surface area contributed by atoms with Gasteiger partial charge in [0.15, 0.2) is 0 Å². The number of pyridine rings is 2. The van der Waals surface area contributed by atoms with Crippen LogP contribution in [0.25, 0.3) is 50.6 Å².